The first-order valence-electron chi connectivity index (χ1n) is 20.3. The minimum absolute atomic E-state index is 1.18. The van der Waals surface area contributed by atoms with Gasteiger partial charge in [-0.1, -0.05) is 146 Å². The molecule has 0 radical (unpaired) electrons. The highest BCUT2D eigenvalue weighted by atomic mass is 32.1. The first-order chi connectivity index (χ1) is 29.8. The van der Waals surface area contributed by atoms with Gasteiger partial charge in [0.1, 0.15) is 0 Å². The van der Waals surface area contributed by atoms with Crippen LogP contribution in [0.4, 0.5) is 0 Å². The van der Waals surface area contributed by atoms with Gasteiger partial charge in [0.2, 0.25) is 0 Å². The second kappa shape index (κ2) is 14.2. The Hall–Kier alpha value is -7.24. The molecule has 0 amide bonds. The lowest BCUT2D eigenvalue weighted by Crippen LogP contribution is -1.92. The maximum absolute atomic E-state index is 2.38. The van der Waals surface area contributed by atoms with Gasteiger partial charge in [-0.2, -0.15) is 0 Å². The molecule has 0 aliphatic carbocycles. The topological polar surface area (TPSA) is 9.86 Å². The molecule has 4 aromatic heterocycles. The summed E-state index contributed by atoms with van der Waals surface area (Å²) in [5.74, 6) is 0. The van der Waals surface area contributed by atoms with Crippen molar-refractivity contribution in [2.75, 3.05) is 0 Å². The van der Waals surface area contributed by atoms with Crippen LogP contribution in [0.5, 0.6) is 0 Å². The van der Waals surface area contributed by atoms with Gasteiger partial charge in [-0.3, -0.25) is 0 Å². The summed E-state index contributed by atoms with van der Waals surface area (Å²) in [6.07, 6.45) is 0. The molecule has 8 aromatic carbocycles. The molecule has 2 nitrogen and oxygen atoms in total. The van der Waals surface area contributed by atoms with Crippen LogP contribution in [0, 0.1) is 0 Å². The Morgan fingerprint density at radius 3 is 1.03 bits per heavy atom. The van der Waals surface area contributed by atoms with E-state index in [4.69, 9.17) is 0 Å². The largest absolute Gasteiger partial charge is 0.309 e. The van der Waals surface area contributed by atoms with Gasteiger partial charge in [0.05, 0.1) is 22.1 Å². The van der Waals surface area contributed by atoms with E-state index >= 15 is 0 Å². The number of fused-ring (bicyclic) bond motifs is 6. The van der Waals surface area contributed by atoms with Crippen molar-refractivity contribution in [2.24, 2.45) is 0 Å². The molecule has 0 aliphatic heterocycles. The molecule has 0 atom stereocenters. The molecular weight excluding hydrogens is 765 g/mol. The molecule has 12 rings (SSSR count). The van der Waals surface area contributed by atoms with Crippen LogP contribution in [0.1, 0.15) is 0 Å². The molecule has 0 spiro atoms. The van der Waals surface area contributed by atoms with E-state index in [0.29, 0.717) is 0 Å². The van der Waals surface area contributed by atoms with Crippen LogP contribution in [-0.4, -0.2) is 9.13 Å². The van der Waals surface area contributed by atoms with Crippen molar-refractivity contribution in [3.8, 4) is 64.3 Å². The Kier molecular flexibility index (Phi) is 8.25. The van der Waals surface area contributed by atoms with Gasteiger partial charge in [-0.25, -0.2) is 0 Å². The SMILES string of the molecule is c1ccc(-n2c3ccccc3c3c(-c4ccc(-c5ccc(-c6ccc(-c7ccc(-c8cccc9c8c8ccccc8n9-c8ccccc8)cc7)s6)s5)cc4)cccc32)cc1. The van der Waals surface area contributed by atoms with Crippen molar-refractivity contribution in [1.82, 2.24) is 9.13 Å². The lowest BCUT2D eigenvalue weighted by Gasteiger charge is -2.09. The summed E-state index contributed by atoms with van der Waals surface area (Å²) in [7, 11) is 0. The molecule has 0 saturated heterocycles. The number of benzene rings is 8. The zero-order valence-electron chi connectivity index (χ0n) is 32.5. The lowest BCUT2D eigenvalue weighted by molar-refractivity contribution is 1.18. The fourth-order valence-corrected chi connectivity index (χ4v) is 11.2. The van der Waals surface area contributed by atoms with Crippen LogP contribution < -0.4 is 0 Å². The third kappa shape index (κ3) is 5.68. The maximum atomic E-state index is 2.38. The summed E-state index contributed by atoms with van der Waals surface area (Å²) in [6, 6.07) is 79.6. The van der Waals surface area contributed by atoms with E-state index in [9.17, 15) is 0 Å². The molecule has 0 unspecified atom stereocenters. The van der Waals surface area contributed by atoms with E-state index in [0.717, 1.165) is 0 Å². The van der Waals surface area contributed by atoms with Gasteiger partial charge in [0.15, 0.2) is 0 Å². The Bertz CT molecular complexity index is 3270. The smallest absolute Gasteiger partial charge is 0.0547 e. The van der Waals surface area contributed by atoms with Gasteiger partial charge < -0.3 is 9.13 Å². The maximum Gasteiger partial charge on any atom is 0.0547 e. The number of hydrogen-bond donors (Lipinski definition) is 0. The minimum atomic E-state index is 1.18. The highest BCUT2D eigenvalue weighted by Crippen LogP contribution is 2.44. The second-order valence-corrected chi connectivity index (χ2v) is 17.4. The molecule has 4 heterocycles. The first-order valence-corrected chi connectivity index (χ1v) is 22.0. The quantitative estimate of drug-likeness (QED) is 0.152. The summed E-state index contributed by atoms with van der Waals surface area (Å²) in [5.41, 5.74) is 14.7. The lowest BCUT2D eigenvalue weighted by atomic mass is 9.98. The van der Waals surface area contributed by atoms with Gasteiger partial charge in [0.25, 0.3) is 0 Å². The van der Waals surface area contributed by atoms with Crippen LogP contribution in [0.15, 0.2) is 218 Å². The van der Waals surface area contributed by atoms with Gasteiger partial charge in [0, 0.05) is 52.4 Å². The second-order valence-electron chi connectivity index (χ2n) is 15.3. The molecule has 0 saturated carbocycles. The van der Waals surface area contributed by atoms with Gasteiger partial charge in [-0.15, -0.1) is 22.7 Å². The molecule has 282 valence electrons. The highest BCUT2D eigenvalue weighted by molar-refractivity contribution is 7.25. The third-order valence-electron chi connectivity index (χ3n) is 11.8. The van der Waals surface area contributed by atoms with E-state index in [1.165, 1.54) is 108 Å². The van der Waals surface area contributed by atoms with Crippen molar-refractivity contribution < 1.29 is 0 Å². The zero-order valence-corrected chi connectivity index (χ0v) is 34.1. The normalized spacial score (nSPS) is 11.7. The standard InChI is InChI=1S/C56H36N2S2/c1-3-13-41(14-4-1)57-47-21-9-7-17-45(47)55-43(19-11-23-49(55)57)37-25-29-39(30-26-37)51-33-35-53(59-51)54-36-34-52(60-54)40-31-27-38(28-32-40)44-20-12-24-50-56(44)46-18-8-10-22-48(46)58(50)42-15-5-2-6-16-42/h1-36H. The molecule has 12 aromatic rings. The first kappa shape index (κ1) is 34.8. The van der Waals surface area contributed by atoms with Crippen LogP contribution in [0.3, 0.4) is 0 Å². The number of rotatable bonds is 7. The summed E-state index contributed by atoms with van der Waals surface area (Å²) in [6.45, 7) is 0. The minimum Gasteiger partial charge on any atom is -0.309 e. The molecule has 0 fully saturated rings. The Balaban J connectivity index is 0.825. The number of hydrogen-bond acceptors (Lipinski definition) is 2. The van der Waals surface area contributed by atoms with Crippen LogP contribution in [0.2, 0.25) is 0 Å². The van der Waals surface area contributed by atoms with Gasteiger partial charge in [-0.05, 0) is 106 Å². The third-order valence-corrected chi connectivity index (χ3v) is 14.3. The van der Waals surface area contributed by atoms with Crippen molar-refractivity contribution in [3.63, 3.8) is 0 Å². The molecule has 4 heteroatoms. The average molecular weight is 801 g/mol. The van der Waals surface area contributed by atoms with Crippen molar-refractivity contribution in [1.29, 1.82) is 0 Å². The molecule has 60 heavy (non-hydrogen) atoms. The van der Waals surface area contributed by atoms with E-state index in [-0.39, 0.29) is 0 Å². The summed E-state index contributed by atoms with van der Waals surface area (Å²) >= 11 is 3.72. The monoisotopic (exact) mass is 800 g/mol. The summed E-state index contributed by atoms with van der Waals surface area (Å²) < 4.78 is 4.77. The Morgan fingerprint density at radius 1 is 0.250 bits per heavy atom. The number of nitrogens with zero attached hydrogens (tertiary/aromatic N) is 2. The fourth-order valence-electron chi connectivity index (χ4n) is 9.11. The molecular formula is C56H36N2S2. The number of para-hydroxylation sites is 4. The number of aromatic nitrogens is 2. The highest BCUT2D eigenvalue weighted by Gasteiger charge is 2.18. The Labute approximate surface area is 356 Å². The van der Waals surface area contributed by atoms with Crippen molar-refractivity contribution in [2.45, 2.75) is 0 Å². The predicted molar refractivity (Wildman–Crippen MR) is 258 cm³/mol. The summed E-state index contributed by atoms with van der Waals surface area (Å²) in [5, 5.41) is 5.11. The van der Waals surface area contributed by atoms with Gasteiger partial charge >= 0.3 is 0 Å². The zero-order chi connectivity index (χ0) is 39.6. The molecule has 0 aliphatic rings. The van der Waals surface area contributed by atoms with Crippen LogP contribution >= 0.6 is 22.7 Å². The van der Waals surface area contributed by atoms with Crippen LogP contribution in [-0.2, 0) is 0 Å². The van der Waals surface area contributed by atoms with Crippen molar-refractivity contribution in [3.05, 3.63) is 218 Å². The van der Waals surface area contributed by atoms with Crippen molar-refractivity contribution >= 4 is 66.3 Å². The average Bonchev–Trinajstić information content (AvgIpc) is 4.14. The van der Waals surface area contributed by atoms with E-state index in [2.05, 4.69) is 228 Å². The molecule has 0 bridgehead atoms. The fraction of sp³-hybridized carbons (Fsp3) is 0. The van der Waals surface area contributed by atoms with E-state index in [1.807, 2.05) is 22.7 Å². The molecule has 0 N–H and O–H groups in total. The number of thiophene rings is 2. The van der Waals surface area contributed by atoms with E-state index in [1.54, 1.807) is 0 Å². The Morgan fingerprint density at radius 2 is 0.600 bits per heavy atom. The summed E-state index contributed by atoms with van der Waals surface area (Å²) in [4.78, 5) is 5.14. The van der Waals surface area contributed by atoms with E-state index < -0.39 is 0 Å². The van der Waals surface area contributed by atoms with Crippen LogP contribution in [0.25, 0.3) is 108 Å². The predicted octanol–water partition coefficient (Wildman–Crippen LogP) is 16.3.